The lowest BCUT2D eigenvalue weighted by Crippen LogP contribution is -2.34. The van der Waals surface area contributed by atoms with Gasteiger partial charge in [-0.1, -0.05) is 0 Å². The number of hydrogen-bond acceptors (Lipinski definition) is 4. The molecule has 27 heavy (non-hydrogen) atoms. The van der Waals surface area contributed by atoms with Crippen molar-refractivity contribution >= 4 is 0 Å². The smallest absolute Gasteiger partial charge is 0.265 e. The zero-order chi connectivity index (χ0) is 19.0. The van der Waals surface area contributed by atoms with Gasteiger partial charge < -0.3 is 0 Å². The van der Waals surface area contributed by atoms with E-state index in [1.165, 1.54) is 18.3 Å². The highest BCUT2D eigenvalue weighted by Crippen LogP contribution is 2.28. The number of fused-ring (bicyclic) bond motifs is 1. The van der Waals surface area contributed by atoms with Gasteiger partial charge in [0.2, 0.25) is 0 Å². The lowest BCUT2D eigenvalue weighted by Gasteiger charge is -2.27. The summed E-state index contributed by atoms with van der Waals surface area (Å²) >= 11 is 0. The molecule has 0 aromatic carbocycles. The minimum absolute atomic E-state index is 0.0756. The molecule has 0 bridgehead atoms. The maximum Gasteiger partial charge on any atom is 0.265 e. The third-order valence-electron chi connectivity index (χ3n) is 4.79. The number of nitrogens with zero attached hydrogens (tertiary/aromatic N) is 5. The lowest BCUT2D eigenvalue weighted by atomic mass is 10.1. The fourth-order valence-corrected chi connectivity index (χ4v) is 3.31. The lowest BCUT2D eigenvalue weighted by molar-refractivity contribution is 0.150. The molecule has 1 aliphatic heterocycles. The first-order valence-corrected chi connectivity index (χ1v) is 8.65. The molecule has 0 saturated heterocycles. The summed E-state index contributed by atoms with van der Waals surface area (Å²) in [5.74, 6) is -0.392. The number of aromatic nitrogens is 4. The molecule has 0 unspecified atom stereocenters. The molecular formula is C19H18F3N5. The van der Waals surface area contributed by atoms with Crippen molar-refractivity contribution in [3.05, 3.63) is 65.0 Å². The number of alkyl halides is 2. The van der Waals surface area contributed by atoms with E-state index in [0.29, 0.717) is 25.3 Å². The van der Waals surface area contributed by atoms with E-state index in [2.05, 4.69) is 20.0 Å². The largest absolute Gasteiger partial charge is 0.290 e. The molecule has 8 heteroatoms. The van der Waals surface area contributed by atoms with Crippen LogP contribution in [0.2, 0.25) is 0 Å². The van der Waals surface area contributed by atoms with Crippen LogP contribution < -0.4 is 0 Å². The highest BCUT2D eigenvalue weighted by atomic mass is 19.3. The average molecular weight is 373 g/mol. The van der Waals surface area contributed by atoms with Crippen LogP contribution in [0, 0.1) is 12.7 Å². The Labute approximate surface area is 154 Å². The van der Waals surface area contributed by atoms with Crippen LogP contribution >= 0.6 is 0 Å². The van der Waals surface area contributed by atoms with E-state index in [0.717, 1.165) is 23.5 Å². The Kier molecular flexibility index (Phi) is 4.65. The van der Waals surface area contributed by atoms with Crippen LogP contribution in [0.3, 0.4) is 0 Å². The minimum Gasteiger partial charge on any atom is -0.290 e. The molecule has 0 N–H and O–H groups in total. The monoisotopic (exact) mass is 373 g/mol. The highest BCUT2D eigenvalue weighted by molar-refractivity contribution is 5.60. The number of hydrogen-bond donors (Lipinski definition) is 0. The summed E-state index contributed by atoms with van der Waals surface area (Å²) in [5, 5.41) is 4.54. The van der Waals surface area contributed by atoms with Crippen LogP contribution in [-0.4, -0.2) is 31.2 Å². The number of halogens is 3. The second-order valence-corrected chi connectivity index (χ2v) is 6.57. The minimum atomic E-state index is -2.51. The zero-order valence-electron chi connectivity index (χ0n) is 14.7. The Morgan fingerprint density at radius 1 is 1.11 bits per heavy atom. The van der Waals surface area contributed by atoms with Crippen molar-refractivity contribution in [3.63, 3.8) is 0 Å². The predicted octanol–water partition coefficient (Wildman–Crippen LogP) is 3.74. The van der Waals surface area contributed by atoms with E-state index in [1.54, 1.807) is 18.3 Å². The Bertz CT molecular complexity index is 952. The van der Waals surface area contributed by atoms with E-state index in [4.69, 9.17) is 0 Å². The molecule has 0 atom stereocenters. The summed E-state index contributed by atoms with van der Waals surface area (Å²) in [4.78, 5) is 10.4. The molecule has 0 radical (unpaired) electrons. The average Bonchev–Trinajstić information content (AvgIpc) is 2.99. The molecule has 5 nitrogen and oxygen atoms in total. The number of pyridine rings is 2. The van der Waals surface area contributed by atoms with Gasteiger partial charge in [-0.2, -0.15) is 5.10 Å². The zero-order valence-corrected chi connectivity index (χ0v) is 14.7. The van der Waals surface area contributed by atoms with Crippen LogP contribution in [-0.2, 0) is 19.6 Å². The third-order valence-corrected chi connectivity index (χ3v) is 4.79. The Morgan fingerprint density at radius 3 is 2.67 bits per heavy atom. The van der Waals surface area contributed by atoms with Gasteiger partial charge in [0.1, 0.15) is 11.4 Å². The fourth-order valence-electron chi connectivity index (χ4n) is 3.31. The predicted molar refractivity (Wildman–Crippen MR) is 93.5 cm³/mol. The summed E-state index contributed by atoms with van der Waals surface area (Å²) in [7, 11) is 0. The molecule has 3 aromatic rings. The van der Waals surface area contributed by atoms with Crippen LogP contribution in [0.1, 0.15) is 28.9 Å². The molecule has 3 aromatic heterocycles. The van der Waals surface area contributed by atoms with E-state index < -0.39 is 12.2 Å². The topological polar surface area (TPSA) is 46.8 Å². The molecule has 0 aliphatic carbocycles. The van der Waals surface area contributed by atoms with E-state index in [-0.39, 0.29) is 11.3 Å². The van der Waals surface area contributed by atoms with Crippen molar-refractivity contribution in [1.82, 2.24) is 24.6 Å². The van der Waals surface area contributed by atoms with Gasteiger partial charge in [-0.25, -0.2) is 13.2 Å². The van der Waals surface area contributed by atoms with Gasteiger partial charge in [0.25, 0.3) is 6.43 Å². The Balaban J connectivity index is 1.54. The second kappa shape index (κ2) is 7.11. The Morgan fingerprint density at radius 2 is 1.96 bits per heavy atom. The van der Waals surface area contributed by atoms with Crippen molar-refractivity contribution in [2.45, 2.75) is 33.0 Å². The summed E-state index contributed by atoms with van der Waals surface area (Å²) in [5.41, 5.74) is 3.38. The van der Waals surface area contributed by atoms with Crippen molar-refractivity contribution in [2.24, 2.45) is 0 Å². The SMILES string of the molecule is Cc1c(-c2ncccc2F)nn2c1CN(Cc1ccc(C(F)F)cn1)CC2. The molecule has 4 heterocycles. The van der Waals surface area contributed by atoms with Gasteiger partial charge in [0.05, 0.1) is 17.9 Å². The van der Waals surface area contributed by atoms with Crippen molar-refractivity contribution in [1.29, 1.82) is 0 Å². The molecule has 0 amide bonds. The first-order valence-electron chi connectivity index (χ1n) is 8.65. The van der Waals surface area contributed by atoms with E-state index >= 15 is 0 Å². The molecule has 0 fully saturated rings. The first kappa shape index (κ1) is 17.7. The molecule has 0 saturated carbocycles. The van der Waals surface area contributed by atoms with Crippen LogP contribution in [0.15, 0.2) is 36.7 Å². The van der Waals surface area contributed by atoms with Crippen molar-refractivity contribution in [2.75, 3.05) is 6.54 Å². The van der Waals surface area contributed by atoms with Crippen LogP contribution in [0.4, 0.5) is 13.2 Å². The summed E-state index contributed by atoms with van der Waals surface area (Å²) in [6.07, 6.45) is 0.266. The first-order chi connectivity index (χ1) is 13.0. The molecular weight excluding hydrogens is 355 g/mol. The van der Waals surface area contributed by atoms with Gasteiger partial charge >= 0.3 is 0 Å². The Hall–Kier alpha value is -2.74. The van der Waals surface area contributed by atoms with Crippen LogP contribution in [0.25, 0.3) is 11.4 Å². The number of rotatable bonds is 4. The second-order valence-electron chi connectivity index (χ2n) is 6.57. The van der Waals surface area contributed by atoms with E-state index in [9.17, 15) is 13.2 Å². The fraction of sp³-hybridized carbons (Fsp3) is 0.316. The summed E-state index contributed by atoms with van der Waals surface area (Å²) < 4.78 is 41.3. The van der Waals surface area contributed by atoms with E-state index in [1.807, 2.05) is 11.6 Å². The van der Waals surface area contributed by atoms with Gasteiger partial charge in [-0.05, 0) is 31.2 Å². The third kappa shape index (κ3) is 3.44. The normalized spacial score (nSPS) is 14.6. The summed E-state index contributed by atoms with van der Waals surface area (Å²) in [6, 6.07) is 5.97. The molecule has 0 spiro atoms. The molecule has 4 rings (SSSR count). The summed E-state index contributed by atoms with van der Waals surface area (Å²) in [6.45, 7) is 4.52. The van der Waals surface area contributed by atoms with Gasteiger partial charge in [0.15, 0.2) is 5.82 Å². The van der Waals surface area contributed by atoms with Gasteiger partial charge in [0, 0.05) is 43.2 Å². The van der Waals surface area contributed by atoms with Crippen molar-refractivity contribution in [3.8, 4) is 11.4 Å². The quantitative estimate of drug-likeness (QED) is 0.699. The van der Waals surface area contributed by atoms with Crippen molar-refractivity contribution < 1.29 is 13.2 Å². The van der Waals surface area contributed by atoms with Crippen LogP contribution in [0.5, 0.6) is 0 Å². The molecule has 1 aliphatic rings. The molecule has 140 valence electrons. The van der Waals surface area contributed by atoms with Gasteiger partial charge in [-0.3, -0.25) is 19.5 Å². The maximum absolute atomic E-state index is 14.1. The van der Waals surface area contributed by atoms with Gasteiger partial charge in [-0.15, -0.1) is 0 Å². The standard InChI is InChI=1S/C19H18F3N5/c1-12-16-11-26(10-14-5-4-13(9-24-14)19(21)22)7-8-27(16)25-17(12)18-15(20)3-2-6-23-18/h2-6,9,19H,7-8,10-11H2,1H3. The highest BCUT2D eigenvalue weighted by Gasteiger charge is 2.24. The maximum atomic E-state index is 14.1.